The number of carbonyl (C=O) groups excluding carboxylic acids is 1. The SMILES string of the molecule is Cc1cc2c(c(=O)n(-c3ccccc3)c(=O)n2CC(=O)Nc2cccc(C(C)C)c2)n1C. The summed E-state index contributed by atoms with van der Waals surface area (Å²) in [5.74, 6) is -0.00936. The highest BCUT2D eigenvalue weighted by atomic mass is 16.2. The zero-order chi connectivity index (χ0) is 23.0. The summed E-state index contributed by atoms with van der Waals surface area (Å²) in [6, 6.07) is 18.2. The molecule has 0 saturated carbocycles. The van der Waals surface area contributed by atoms with Gasteiger partial charge in [0.2, 0.25) is 5.91 Å². The van der Waals surface area contributed by atoms with E-state index in [9.17, 15) is 14.4 Å². The van der Waals surface area contributed by atoms with Crippen molar-refractivity contribution in [1.82, 2.24) is 13.7 Å². The molecule has 2 heterocycles. The summed E-state index contributed by atoms with van der Waals surface area (Å²) >= 11 is 0. The number of carbonyl (C=O) groups is 1. The van der Waals surface area contributed by atoms with Crippen molar-refractivity contribution in [1.29, 1.82) is 0 Å². The number of aryl methyl sites for hydroxylation is 2. The van der Waals surface area contributed by atoms with E-state index in [1.165, 1.54) is 4.57 Å². The van der Waals surface area contributed by atoms with Gasteiger partial charge in [-0.15, -0.1) is 0 Å². The molecular weight excluding hydrogens is 404 g/mol. The Kier molecular flexibility index (Phi) is 5.57. The second-order valence-electron chi connectivity index (χ2n) is 8.25. The van der Waals surface area contributed by atoms with E-state index in [-0.39, 0.29) is 12.5 Å². The van der Waals surface area contributed by atoms with Crippen LogP contribution < -0.4 is 16.6 Å². The van der Waals surface area contributed by atoms with Gasteiger partial charge in [-0.25, -0.2) is 9.36 Å². The normalized spacial score (nSPS) is 11.3. The zero-order valence-corrected chi connectivity index (χ0v) is 18.6. The molecule has 4 aromatic rings. The van der Waals surface area contributed by atoms with Crippen LogP contribution in [-0.2, 0) is 18.4 Å². The number of hydrogen-bond donors (Lipinski definition) is 1. The summed E-state index contributed by atoms with van der Waals surface area (Å²) in [5.41, 5.74) is 2.92. The first-order valence-electron chi connectivity index (χ1n) is 10.5. The van der Waals surface area contributed by atoms with Crippen molar-refractivity contribution in [2.45, 2.75) is 33.2 Å². The van der Waals surface area contributed by atoms with Gasteiger partial charge in [-0.1, -0.05) is 44.2 Å². The number of amides is 1. The molecule has 0 unspecified atom stereocenters. The van der Waals surface area contributed by atoms with Gasteiger partial charge >= 0.3 is 5.69 Å². The number of para-hydroxylation sites is 1. The fourth-order valence-corrected chi connectivity index (χ4v) is 3.86. The molecule has 7 heteroatoms. The number of fused-ring (bicyclic) bond motifs is 1. The lowest BCUT2D eigenvalue weighted by atomic mass is 10.0. The molecule has 0 fully saturated rings. The van der Waals surface area contributed by atoms with Crippen LogP contribution >= 0.6 is 0 Å². The predicted molar refractivity (Wildman–Crippen MR) is 127 cm³/mol. The third kappa shape index (κ3) is 3.77. The Morgan fingerprint density at radius 2 is 1.72 bits per heavy atom. The largest absolute Gasteiger partial charge is 0.342 e. The summed E-state index contributed by atoms with van der Waals surface area (Å²) in [7, 11) is 1.78. The van der Waals surface area contributed by atoms with Crippen molar-refractivity contribution in [2.24, 2.45) is 7.05 Å². The van der Waals surface area contributed by atoms with Gasteiger partial charge in [-0.2, -0.15) is 0 Å². The van der Waals surface area contributed by atoms with Crippen molar-refractivity contribution in [2.75, 3.05) is 5.32 Å². The van der Waals surface area contributed by atoms with Crippen molar-refractivity contribution in [3.05, 3.63) is 92.8 Å². The molecule has 2 aromatic heterocycles. The molecule has 0 aliphatic carbocycles. The highest BCUT2D eigenvalue weighted by Gasteiger charge is 2.20. The van der Waals surface area contributed by atoms with Crippen LogP contribution in [0.25, 0.3) is 16.7 Å². The summed E-state index contributed by atoms with van der Waals surface area (Å²) in [6.07, 6.45) is 0. The smallest absolute Gasteiger partial charge is 0.336 e. The molecule has 2 aromatic carbocycles. The molecule has 0 saturated heterocycles. The second kappa shape index (κ2) is 8.34. The lowest BCUT2D eigenvalue weighted by molar-refractivity contribution is -0.116. The number of hydrogen-bond acceptors (Lipinski definition) is 3. The third-order valence-corrected chi connectivity index (χ3v) is 5.72. The van der Waals surface area contributed by atoms with Crippen LogP contribution in [0.4, 0.5) is 5.69 Å². The molecule has 0 bridgehead atoms. The second-order valence-corrected chi connectivity index (χ2v) is 8.25. The fourth-order valence-electron chi connectivity index (χ4n) is 3.86. The number of nitrogens with one attached hydrogen (secondary N) is 1. The zero-order valence-electron chi connectivity index (χ0n) is 18.6. The number of anilines is 1. The molecule has 32 heavy (non-hydrogen) atoms. The average molecular weight is 431 g/mol. The van der Waals surface area contributed by atoms with Gasteiger partial charge in [0.15, 0.2) is 0 Å². The van der Waals surface area contributed by atoms with E-state index in [1.54, 1.807) is 41.9 Å². The van der Waals surface area contributed by atoms with Crippen molar-refractivity contribution >= 4 is 22.6 Å². The van der Waals surface area contributed by atoms with Crippen LogP contribution in [-0.4, -0.2) is 19.6 Å². The maximum atomic E-state index is 13.4. The maximum absolute atomic E-state index is 13.4. The summed E-state index contributed by atoms with van der Waals surface area (Å²) in [5, 5.41) is 2.88. The van der Waals surface area contributed by atoms with E-state index in [4.69, 9.17) is 0 Å². The van der Waals surface area contributed by atoms with Crippen molar-refractivity contribution in [3.63, 3.8) is 0 Å². The Labute approximate surface area is 185 Å². The molecule has 1 amide bonds. The molecule has 0 spiro atoms. The summed E-state index contributed by atoms with van der Waals surface area (Å²) < 4.78 is 4.23. The van der Waals surface area contributed by atoms with Crippen LogP contribution in [0, 0.1) is 6.92 Å². The van der Waals surface area contributed by atoms with Crippen LogP contribution in [0.2, 0.25) is 0 Å². The van der Waals surface area contributed by atoms with Gasteiger partial charge in [0.25, 0.3) is 5.56 Å². The van der Waals surface area contributed by atoms with Crippen LogP contribution in [0.1, 0.15) is 31.0 Å². The average Bonchev–Trinajstić information content (AvgIpc) is 3.06. The number of rotatable bonds is 5. The minimum absolute atomic E-state index is 0.211. The lowest BCUT2D eigenvalue weighted by Gasteiger charge is -2.14. The van der Waals surface area contributed by atoms with Crippen LogP contribution in [0.3, 0.4) is 0 Å². The molecule has 164 valence electrons. The summed E-state index contributed by atoms with van der Waals surface area (Å²) in [4.78, 5) is 39.6. The van der Waals surface area contributed by atoms with Gasteiger partial charge < -0.3 is 9.88 Å². The van der Waals surface area contributed by atoms with Crippen LogP contribution in [0.5, 0.6) is 0 Å². The van der Waals surface area contributed by atoms with E-state index < -0.39 is 11.2 Å². The molecule has 0 radical (unpaired) electrons. The van der Waals surface area contributed by atoms with E-state index in [0.29, 0.717) is 28.3 Å². The quantitative estimate of drug-likeness (QED) is 0.526. The van der Waals surface area contributed by atoms with E-state index >= 15 is 0 Å². The molecule has 0 aliphatic rings. The Morgan fingerprint density at radius 3 is 2.41 bits per heavy atom. The van der Waals surface area contributed by atoms with E-state index in [2.05, 4.69) is 19.2 Å². The number of benzene rings is 2. The number of aromatic nitrogens is 3. The number of nitrogens with zero attached hydrogens (tertiary/aromatic N) is 3. The maximum Gasteiger partial charge on any atom is 0.336 e. The Morgan fingerprint density at radius 1 is 1.00 bits per heavy atom. The first-order chi connectivity index (χ1) is 15.3. The highest BCUT2D eigenvalue weighted by Crippen LogP contribution is 2.19. The molecule has 7 nitrogen and oxygen atoms in total. The first kappa shape index (κ1) is 21.4. The van der Waals surface area contributed by atoms with Crippen molar-refractivity contribution < 1.29 is 4.79 Å². The molecule has 4 rings (SSSR count). The molecular formula is C25H26N4O3. The Hall–Kier alpha value is -3.87. The monoisotopic (exact) mass is 430 g/mol. The van der Waals surface area contributed by atoms with Crippen LogP contribution in [0.15, 0.2) is 70.3 Å². The van der Waals surface area contributed by atoms with Gasteiger partial charge in [0.1, 0.15) is 12.1 Å². The molecule has 0 aliphatic heterocycles. The van der Waals surface area contributed by atoms with Crippen molar-refractivity contribution in [3.8, 4) is 5.69 Å². The standard InChI is InChI=1S/C25H26N4O3/c1-16(2)18-9-8-10-19(14-18)26-22(30)15-28-21-13-17(3)27(4)23(21)24(31)29(25(28)32)20-11-6-5-7-12-20/h5-14,16H,15H2,1-4H3,(H,26,30). The Bertz CT molecular complexity index is 1430. The van der Waals surface area contributed by atoms with Gasteiger partial charge in [0.05, 0.1) is 11.2 Å². The highest BCUT2D eigenvalue weighted by molar-refractivity contribution is 5.91. The third-order valence-electron chi connectivity index (χ3n) is 5.72. The predicted octanol–water partition coefficient (Wildman–Crippen LogP) is 3.56. The van der Waals surface area contributed by atoms with E-state index in [1.807, 2.05) is 37.3 Å². The Balaban J connectivity index is 1.81. The van der Waals surface area contributed by atoms with Gasteiger partial charge in [-0.3, -0.25) is 14.2 Å². The minimum Gasteiger partial charge on any atom is -0.342 e. The topological polar surface area (TPSA) is 78.0 Å². The first-order valence-corrected chi connectivity index (χ1v) is 10.5. The fraction of sp³-hybridized carbons (Fsp3) is 0.240. The summed E-state index contributed by atoms with van der Waals surface area (Å²) in [6.45, 7) is 5.82. The molecule has 1 N–H and O–H groups in total. The van der Waals surface area contributed by atoms with Gasteiger partial charge in [-0.05, 0) is 48.7 Å². The van der Waals surface area contributed by atoms with Gasteiger partial charge in [0, 0.05) is 18.4 Å². The van der Waals surface area contributed by atoms with E-state index in [0.717, 1.165) is 15.8 Å². The molecule has 0 atom stereocenters. The minimum atomic E-state index is -0.551. The lowest BCUT2D eigenvalue weighted by Crippen LogP contribution is -2.41.